The van der Waals surface area contributed by atoms with Crippen molar-refractivity contribution >= 4 is 0 Å². The molecule has 0 aromatic heterocycles. The Morgan fingerprint density at radius 1 is 1.25 bits per heavy atom. The monoisotopic (exact) mass is 228 g/mol. The summed E-state index contributed by atoms with van der Waals surface area (Å²) in [6.45, 7) is 2.08. The highest BCUT2D eigenvalue weighted by atomic mass is 19.3. The van der Waals surface area contributed by atoms with Crippen molar-refractivity contribution in [1.29, 1.82) is 0 Å². The lowest BCUT2D eigenvalue weighted by Gasteiger charge is -2.27. The van der Waals surface area contributed by atoms with E-state index in [2.05, 4.69) is 0 Å². The van der Waals surface area contributed by atoms with Gasteiger partial charge in [0.05, 0.1) is 6.54 Å². The molecule has 1 aromatic rings. The van der Waals surface area contributed by atoms with Gasteiger partial charge in [-0.05, 0) is 19.5 Å². The van der Waals surface area contributed by atoms with Crippen molar-refractivity contribution < 1.29 is 8.78 Å². The maximum Gasteiger partial charge on any atom is 0.251 e. The molecular weight excluding hydrogens is 210 g/mol. The SMILES string of the molecule is Cc1ccc(C(CN)N(C)CC(F)F)cc1. The molecule has 0 saturated heterocycles. The van der Waals surface area contributed by atoms with E-state index >= 15 is 0 Å². The zero-order chi connectivity index (χ0) is 12.1. The van der Waals surface area contributed by atoms with Crippen LogP contribution in [0.3, 0.4) is 0 Å². The average molecular weight is 228 g/mol. The van der Waals surface area contributed by atoms with Crippen molar-refractivity contribution in [2.24, 2.45) is 5.73 Å². The van der Waals surface area contributed by atoms with Gasteiger partial charge in [-0.25, -0.2) is 8.78 Å². The number of nitrogens with two attached hydrogens (primary N) is 1. The standard InChI is InChI=1S/C12H18F2N2/c1-9-3-5-10(6-4-9)11(7-15)16(2)8-12(13)14/h3-6,11-12H,7-8,15H2,1-2H3. The quantitative estimate of drug-likeness (QED) is 0.837. The summed E-state index contributed by atoms with van der Waals surface area (Å²) >= 11 is 0. The maximum atomic E-state index is 12.3. The smallest absolute Gasteiger partial charge is 0.251 e. The molecule has 0 aliphatic carbocycles. The number of benzene rings is 1. The molecule has 1 rings (SSSR count). The van der Waals surface area contributed by atoms with Gasteiger partial charge in [0, 0.05) is 12.6 Å². The Hall–Kier alpha value is -1.00. The minimum absolute atomic E-state index is 0.144. The lowest BCUT2D eigenvalue weighted by Crippen LogP contribution is -2.33. The largest absolute Gasteiger partial charge is 0.329 e. The molecule has 1 aromatic carbocycles. The molecule has 4 heteroatoms. The molecule has 90 valence electrons. The van der Waals surface area contributed by atoms with Crippen molar-refractivity contribution in [2.75, 3.05) is 20.1 Å². The summed E-state index contributed by atoms with van der Waals surface area (Å²) in [4.78, 5) is 1.59. The molecule has 0 heterocycles. The van der Waals surface area contributed by atoms with Gasteiger partial charge in [0.1, 0.15) is 0 Å². The fourth-order valence-electron chi connectivity index (χ4n) is 1.70. The van der Waals surface area contributed by atoms with Crippen molar-refractivity contribution in [1.82, 2.24) is 4.90 Å². The molecule has 0 aliphatic heterocycles. The maximum absolute atomic E-state index is 12.3. The molecule has 0 aliphatic rings. The second-order valence-corrected chi connectivity index (χ2v) is 3.99. The van der Waals surface area contributed by atoms with Crippen molar-refractivity contribution in [3.05, 3.63) is 35.4 Å². The molecule has 0 fully saturated rings. The molecule has 0 amide bonds. The second kappa shape index (κ2) is 5.92. The fraction of sp³-hybridized carbons (Fsp3) is 0.500. The summed E-state index contributed by atoms with van der Waals surface area (Å²) in [7, 11) is 1.67. The zero-order valence-electron chi connectivity index (χ0n) is 9.66. The van der Waals surface area contributed by atoms with E-state index in [9.17, 15) is 8.78 Å². The first-order chi connectivity index (χ1) is 7.54. The second-order valence-electron chi connectivity index (χ2n) is 3.99. The first kappa shape index (κ1) is 13.1. The summed E-state index contributed by atoms with van der Waals surface area (Å²) in [6, 6.07) is 7.67. The van der Waals surface area contributed by atoms with E-state index in [0.29, 0.717) is 6.54 Å². The van der Waals surface area contributed by atoms with E-state index in [1.807, 2.05) is 31.2 Å². The predicted molar refractivity (Wildman–Crippen MR) is 61.6 cm³/mol. The first-order valence-electron chi connectivity index (χ1n) is 5.29. The minimum Gasteiger partial charge on any atom is -0.329 e. The van der Waals surface area contributed by atoms with E-state index in [1.165, 1.54) is 0 Å². The Balaban J connectivity index is 2.77. The number of halogens is 2. The Kier molecular flexibility index (Phi) is 4.83. The summed E-state index contributed by atoms with van der Waals surface area (Å²) < 4.78 is 24.6. The first-order valence-corrected chi connectivity index (χ1v) is 5.29. The van der Waals surface area contributed by atoms with Gasteiger partial charge in [-0.1, -0.05) is 29.8 Å². The minimum atomic E-state index is -2.33. The van der Waals surface area contributed by atoms with E-state index < -0.39 is 6.43 Å². The fourth-order valence-corrected chi connectivity index (χ4v) is 1.70. The van der Waals surface area contributed by atoms with Crippen LogP contribution in [0.4, 0.5) is 8.78 Å². The van der Waals surface area contributed by atoms with Crippen LogP contribution in [0.1, 0.15) is 17.2 Å². The number of likely N-dealkylation sites (N-methyl/N-ethyl adjacent to an activating group) is 1. The van der Waals surface area contributed by atoms with E-state index in [1.54, 1.807) is 11.9 Å². The van der Waals surface area contributed by atoms with Gasteiger partial charge in [0.2, 0.25) is 0 Å². The zero-order valence-corrected chi connectivity index (χ0v) is 9.66. The molecule has 2 N–H and O–H groups in total. The molecule has 0 radical (unpaired) electrons. The van der Waals surface area contributed by atoms with Crippen LogP contribution in [0, 0.1) is 6.92 Å². The third-order valence-corrected chi connectivity index (χ3v) is 2.64. The Labute approximate surface area is 95.1 Å². The number of hydrogen-bond acceptors (Lipinski definition) is 2. The van der Waals surface area contributed by atoms with E-state index in [-0.39, 0.29) is 12.6 Å². The molecule has 0 spiro atoms. The number of hydrogen-bond donors (Lipinski definition) is 1. The highest BCUT2D eigenvalue weighted by Crippen LogP contribution is 2.19. The van der Waals surface area contributed by atoms with Gasteiger partial charge in [-0.3, -0.25) is 4.90 Å². The number of alkyl halides is 2. The average Bonchev–Trinajstić information content (AvgIpc) is 2.21. The topological polar surface area (TPSA) is 29.3 Å². The third-order valence-electron chi connectivity index (χ3n) is 2.64. The van der Waals surface area contributed by atoms with Crippen molar-refractivity contribution in [3.8, 4) is 0 Å². The van der Waals surface area contributed by atoms with Crippen LogP contribution in [-0.4, -0.2) is 31.5 Å². The lowest BCUT2D eigenvalue weighted by atomic mass is 10.0. The van der Waals surface area contributed by atoms with Crippen LogP contribution in [0.25, 0.3) is 0 Å². The van der Waals surface area contributed by atoms with Crippen LogP contribution in [0.15, 0.2) is 24.3 Å². The molecule has 16 heavy (non-hydrogen) atoms. The van der Waals surface area contributed by atoms with E-state index in [0.717, 1.165) is 11.1 Å². The number of nitrogens with zero attached hydrogens (tertiary/aromatic N) is 1. The predicted octanol–water partition coefficient (Wildman–Crippen LogP) is 2.19. The van der Waals surface area contributed by atoms with Crippen molar-refractivity contribution in [3.63, 3.8) is 0 Å². The summed E-state index contributed by atoms with van der Waals surface area (Å²) in [6.07, 6.45) is -2.33. The van der Waals surface area contributed by atoms with Crippen molar-refractivity contribution in [2.45, 2.75) is 19.4 Å². The van der Waals surface area contributed by atoms with Gasteiger partial charge in [-0.15, -0.1) is 0 Å². The number of rotatable bonds is 5. The normalized spacial score (nSPS) is 13.4. The molecule has 1 unspecified atom stereocenters. The van der Waals surface area contributed by atoms with Crippen LogP contribution in [-0.2, 0) is 0 Å². The Morgan fingerprint density at radius 3 is 2.25 bits per heavy atom. The molecule has 0 bridgehead atoms. The van der Waals surface area contributed by atoms with Crippen LogP contribution in [0.2, 0.25) is 0 Å². The number of aryl methyl sites for hydroxylation is 1. The summed E-state index contributed by atoms with van der Waals surface area (Å²) in [5, 5.41) is 0. The summed E-state index contributed by atoms with van der Waals surface area (Å²) in [5.74, 6) is 0. The van der Waals surface area contributed by atoms with Crippen LogP contribution < -0.4 is 5.73 Å². The highest BCUT2D eigenvalue weighted by Gasteiger charge is 2.18. The third kappa shape index (κ3) is 3.54. The highest BCUT2D eigenvalue weighted by molar-refractivity contribution is 5.24. The van der Waals surface area contributed by atoms with Gasteiger partial charge in [0.15, 0.2) is 0 Å². The molecule has 1 atom stereocenters. The Morgan fingerprint density at radius 2 is 1.81 bits per heavy atom. The van der Waals surface area contributed by atoms with Gasteiger partial charge < -0.3 is 5.73 Å². The van der Waals surface area contributed by atoms with Gasteiger partial charge in [-0.2, -0.15) is 0 Å². The molecule has 0 saturated carbocycles. The van der Waals surface area contributed by atoms with Gasteiger partial charge in [0.25, 0.3) is 6.43 Å². The van der Waals surface area contributed by atoms with Crippen LogP contribution in [0.5, 0.6) is 0 Å². The molecular formula is C12H18F2N2. The summed E-state index contributed by atoms with van der Waals surface area (Å²) in [5.41, 5.74) is 7.76. The molecule has 2 nitrogen and oxygen atoms in total. The van der Waals surface area contributed by atoms with E-state index in [4.69, 9.17) is 5.73 Å². The van der Waals surface area contributed by atoms with Crippen LogP contribution >= 0.6 is 0 Å². The van der Waals surface area contributed by atoms with Gasteiger partial charge >= 0.3 is 0 Å². The lowest BCUT2D eigenvalue weighted by molar-refractivity contribution is 0.0822. The Bertz CT molecular complexity index is 311.